The first-order valence-corrected chi connectivity index (χ1v) is 11.1. The van der Waals surface area contributed by atoms with Gasteiger partial charge in [0.15, 0.2) is 0 Å². The van der Waals surface area contributed by atoms with E-state index in [1.165, 1.54) is 16.0 Å². The Hall–Kier alpha value is -0.200. The van der Waals surface area contributed by atoms with Gasteiger partial charge in [0.05, 0.1) is 7.11 Å². The molecular weight excluding hydrogens is 495 g/mol. The van der Waals surface area contributed by atoms with Crippen molar-refractivity contribution in [1.82, 2.24) is 0 Å². The molecule has 4 heteroatoms. The minimum Gasteiger partial charge on any atom is -0.497 e. The van der Waals surface area contributed by atoms with E-state index in [0.717, 1.165) is 21.1 Å². The van der Waals surface area contributed by atoms with Crippen molar-refractivity contribution >= 4 is 50.3 Å². The van der Waals surface area contributed by atoms with Crippen molar-refractivity contribution < 1.29 is 4.74 Å². The minimum absolute atomic E-state index is 0.211. The smallest absolute Gasteiger partial charge is 0.118 e. The molecule has 0 aliphatic rings. The van der Waals surface area contributed by atoms with Crippen LogP contribution in [0.4, 0.5) is 0 Å². The maximum atomic E-state index is 5.28. The van der Waals surface area contributed by atoms with Crippen LogP contribution in [-0.2, 0) is 6.42 Å². The van der Waals surface area contributed by atoms with Gasteiger partial charge in [-0.1, -0.05) is 71.4 Å². The van der Waals surface area contributed by atoms with Crippen molar-refractivity contribution in [2.75, 3.05) is 11.5 Å². The van der Waals surface area contributed by atoms with E-state index in [4.69, 9.17) is 4.74 Å². The minimum atomic E-state index is 0.211. The fraction of sp³-hybridized carbons (Fsp3) is 0.400. The fourth-order valence-electron chi connectivity index (χ4n) is 2.54. The van der Waals surface area contributed by atoms with E-state index in [9.17, 15) is 0 Å². The normalized spacial score (nSPS) is 12.9. The first-order chi connectivity index (χ1) is 11.3. The van der Waals surface area contributed by atoms with Crippen LogP contribution < -0.4 is 4.74 Å². The number of rotatable bonds is 6. The summed E-state index contributed by atoms with van der Waals surface area (Å²) < 4.78 is 7.73. The topological polar surface area (TPSA) is 9.23 Å². The van der Waals surface area contributed by atoms with Gasteiger partial charge in [-0.25, -0.2) is 0 Å². The van der Waals surface area contributed by atoms with Gasteiger partial charge in [-0.15, -0.1) is 11.8 Å². The van der Waals surface area contributed by atoms with Crippen LogP contribution in [0.25, 0.3) is 0 Å². The highest BCUT2D eigenvalue weighted by Crippen LogP contribution is 2.37. The molecule has 0 unspecified atom stereocenters. The summed E-state index contributed by atoms with van der Waals surface area (Å²) in [4.78, 5) is 1.38. The molecule has 1 atom stereocenters. The third kappa shape index (κ3) is 5.95. The Morgan fingerprint density at radius 2 is 1.79 bits per heavy atom. The third-order valence-corrected chi connectivity index (χ3v) is 6.47. The summed E-state index contributed by atoms with van der Waals surface area (Å²) in [6.07, 6.45) is 1.05. The maximum absolute atomic E-state index is 5.28. The Morgan fingerprint density at radius 3 is 2.33 bits per heavy atom. The first kappa shape index (κ1) is 20.1. The number of ether oxygens (including phenoxy) is 1. The average Bonchev–Trinajstić information content (AvgIpc) is 2.54. The number of benzene rings is 2. The van der Waals surface area contributed by atoms with Crippen LogP contribution in [0.5, 0.6) is 5.75 Å². The SMILES string of the molecule is COc1ccc([C@H](CI)Cc2cc(Br)ccc2SC(C)(C)C)cc1. The quantitative estimate of drug-likeness (QED) is 0.229. The number of hydrogen-bond donors (Lipinski definition) is 0. The molecule has 0 saturated carbocycles. The van der Waals surface area contributed by atoms with Crippen molar-refractivity contribution in [3.63, 3.8) is 0 Å². The first-order valence-electron chi connectivity index (χ1n) is 7.99. The fourth-order valence-corrected chi connectivity index (χ4v) is 4.84. The summed E-state index contributed by atoms with van der Waals surface area (Å²) in [5.74, 6) is 1.42. The Labute approximate surface area is 172 Å². The van der Waals surface area contributed by atoms with E-state index in [1.807, 2.05) is 11.8 Å². The molecule has 0 aromatic heterocycles. The molecule has 0 radical (unpaired) electrons. The summed E-state index contributed by atoms with van der Waals surface area (Å²) >= 11 is 8.08. The molecule has 0 amide bonds. The molecule has 0 bridgehead atoms. The Balaban J connectivity index is 2.27. The van der Waals surface area contributed by atoms with Gasteiger partial charge in [0.2, 0.25) is 0 Å². The Kier molecular flexibility index (Phi) is 7.50. The summed E-state index contributed by atoms with van der Waals surface area (Å²) in [6, 6.07) is 15.2. The van der Waals surface area contributed by atoms with Crippen molar-refractivity contribution in [1.29, 1.82) is 0 Å². The van der Waals surface area contributed by atoms with Gasteiger partial charge < -0.3 is 4.74 Å². The van der Waals surface area contributed by atoms with Gasteiger partial charge in [0, 0.05) is 18.5 Å². The van der Waals surface area contributed by atoms with Gasteiger partial charge in [-0.2, -0.15) is 0 Å². The summed E-state index contributed by atoms with van der Waals surface area (Å²) in [5, 5.41) is 0. The van der Waals surface area contributed by atoms with Crippen molar-refractivity contribution in [3.8, 4) is 5.75 Å². The standard InChI is InChI=1S/C20H24BrIOS/c1-20(2,3)24-19-10-7-17(21)12-15(19)11-16(13-22)14-5-8-18(23-4)9-6-14/h5-10,12,16H,11,13H2,1-4H3/t16-/m0/s1. The van der Waals surface area contributed by atoms with Crippen LogP contribution in [0.3, 0.4) is 0 Å². The lowest BCUT2D eigenvalue weighted by Crippen LogP contribution is -2.10. The number of alkyl halides is 1. The van der Waals surface area contributed by atoms with Gasteiger partial charge in [0.1, 0.15) is 5.75 Å². The second kappa shape index (κ2) is 8.95. The lowest BCUT2D eigenvalue weighted by Gasteiger charge is -2.22. The van der Waals surface area contributed by atoms with Crippen molar-refractivity contribution in [3.05, 3.63) is 58.1 Å². The van der Waals surface area contributed by atoms with Crippen molar-refractivity contribution in [2.45, 2.75) is 42.8 Å². The largest absolute Gasteiger partial charge is 0.497 e. The van der Waals surface area contributed by atoms with Crippen molar-refractivity contribution in [2.24, 2.45) is 0 Å². The molecule has 2 aromatic rings. The zero-order chi connectivity index (χ0) is 17.7. The predicted octanol–water partition coefficient (Wildman–Crippen LogP) is 7.11. The Morgan fingerprint density at radius 1 is 1.12 bits per heavy atom. The monoisotopic (exact) mass is 518 g/mol. The van der Waals surface area contributed by atoms with E-state index in [-0.39, 0.29) is 4.75 Å². The third-order valence-electron chi connectivity index (χ3n) is 3.68. The number of thioether (sulfide) groups is 1. The van der Waals surface area contributed by atoms with Crippen LogP contribution in [0.2, 0.25) is 0 Å². The zero-order valence-corrected chi connectivity index (χ0v) is 19.2. The summed E-state index contributed by atoms with van der Waals surface area (Å²) in [7, 11) is 1.71. The van der Waals surface area contributed by atoms with Crippen LogP contribution in [-0.4, -0.2) is 16.3 Å². The lowest BCUT2D eigenvalue weighted by molar-refractivity contribution is 0.414. The number of methoxy groups -OCH3 is 1. The predicted molar refractivity (Wildman–Crippen MR) is 118 cm³/mol. The molecule has 0 spiro atoms. The molecule has 24 heavy (non-hydrogen) atoms. The van der Waals surface area contributed by atoms with Crippen LogP contribution >= 0.6 is 50.3 Å². The molecule has 0 fully saturated rings. The second-order valence-corrected chi connectivity index (χ2v) is 10.5. The second-order valence-electron chi connectivity index (χ2n) is 6.79. The summed E-state index contributed by atoms with van der Waals surface area (Å²) in [5.41, 5.74) is 2.79. The number of halogens is 2. The van der Waals surface area contributed by atoms with Crippen LogP contribution in [0, 0.1) is 0 Å². The molecule has 0 N–H and O–H groups in total. The molecule has 2 aromatic carbocycles. The van der Waals surface area contributed by atoms with Gasteiger partial charge in [-0.3, -0.25) is 0 Å². The highest BCUT2D eigenvalue weighted by molar-refractivity contribution is 14.1. The van der Waals surface area contributed by atoms with Crippen LogP contribution in [0.15, 0.2) is 51.8 Å². The lowest BCUT2D eigenvalue weighted by atomic mass is 9.93. The zero-order valence-electron chi connectivity index (χ0n) is 14.6. The van der Waals surface area contributed by atoms with Crippen LogP contribution in [0.1, 0.15) is 37.8 Å². The van der Waals surface area contributed by atoms with E-state index in [0.29, 0.717) is 5.92 Å². The molecule has 0 aliphatic carbocycles. The summed E-state index contributed by atoms with van der Waals surface area (Å²) in [6.45, 7) is 6.80. The van der Waals surface area contributed by atoms with E-state index < -0.39 is 0 Å². The highest BCUT2D eigenvalue weighted by atomic mass is 127. The molecule has 0 heterocycles. The molecule has 130 valence electrons. The molecule has 2 rings (SSSR count). The van der Waals surface area contributed by atoms with E-state index >= 15 is 0 Å². The van der Waals surface area contributed by atoms with E-state index in [2.05, 4.69) is 102 Å². The van der Waals surface area contributed by atoms with Gasteiger partial charge in [0.25, 0.3) is 0 Å². The molecule has 1 nitrogen and oxygen atoms in total. The molecule has 0 saturated heterocycles. The number of hydrogen-bond acceptors (Lipinski definition) is 2. The maximum Gasteiger partial charge on any atom is 0.118 e. The average molecular weight is 519 g/mol. The highest BCUT2D eigenvalue weighted by Gasteiger charge is 2.18. The molecular formula is C20H24BrIOS. The van der Waals surface area contributed by atoms with E-state index in [1.54, 1.807) is 7.11 Å². The Bertz CT molecular complexity index is 664. The van der Waals surface area contributed by atoms with Gasteiger partial charge >= 0.3 is 0 Å². The van der Waals surface area contributed by atoms with Gasteiger partial charge in [-0.05, 0) is 53.8 Å². The molecule has 0 aliphatic heterocycles.